The molecule has 0 unspecified atom stereocenters. The van der Waals surface area contributed by atoms with Crippen molar-refractivity contribution in [3.05, 3.63) is 53.1 Å². The standard InChI is InChI=1S/C20H22F3N5S2/c1-5-14(4)30-19-27-26-17(11-29-18-24-12(2)9-13(3)25-18)28(19)16-8-6-7-15(10-16)20(21,22)23/h6-10,14H,5,11H2,1-4H3/t14-/m0/s1. The second-order valence-corrected chi connectivity index (χ2v) is 9.19. The monoisotopic (exact) mass is 453 g/mol. The summed E-state index contributed by atoms with van der Waals surface area (Å²) in [6.07, 6.45) is -3.52. The molecule has 1 aromatic carbocycles. The van der Waals surface area contributed by atoms with Crippen molar-refractivity contribution in [2.45, 2.75) is 61.6 Å². The van der Waals surface area contributed by atoms with Gasteiger partial charge in [0.2, 0.25) is 0 Å². The fourth-order valence-corrected chi connectivity index (χ4v) is 4.49. The molecule has 160 valence electrons. The van der Waals surface area contributed by atoms with Crippen LogP contribution in [0.5, 0.6) is 0 Å². The Morgan fingerprint density at radius 2 is 1.77 bits per heavy atom. The van der Waals surface area contributed by atoms with Crippen LogP contribution in [0.4, 0.5) is 13.2 Å². The first-order valence-electron chi connectivity index (χ1n) is 9.41. The van der Waals surface area contributed by atoms with Crippen molar-refractivity contribution >= 4 is 23.5 Å². The maximum absolute atomic E-state index is 13.3. The lowest BCUT2D eigenvalue weighted by atomic mass is 10.2. The highest BCUT2D eigenvalue weighted by molar-refractivity contribution is 7.99. The molecule has 3 rings (SSSR count). The first kappa shape index (κ1) is 22.6. The lowest BCUT2D eigenvalue weighted by Crippen LogP contribution is -2.08. The first-order chi connectivity index (χ1) is 14.2. The first-order valence-corrected chi connectivity index (χ1v) is 11.3. The van der Waals surface area contributed by atoms with Crippen molar-refractivity contribution in [1.82, 2.24) is 24.7 Å². The van der Waals surface area contributed by atoms with E-state index < -0.39 is 11.7 Å². The Kier molecular flexibility index (Phi) is 7.07. The summed E-state index contributed by atoms with van der Waals surface area (Å²) in [5.74, 6) is 0.931. The largest absolute Gasteiger partial charge is 0.416 e. The number of benzene rings is 1. The van der Waals surface area contributed by atoms with Gasteiger partial charge >= 0.3 is 6.18 Å². The summed E-state index contributed by atoms with van der Waals surface area (Å²) in [5, 5.41) is 9.95. The second-order valence-electron chi connectivity index (χ2n) is 6.84. The van der Waals surface area contributed by atoms with E-state index in [9.17, 15) is 13.2 Å². The topological polar surface area (TPSA) is 56.5 Å². The molecule has 5 nitrogen and oxygen atoms in total. The lowest BCUT2D eigenvalue weighted by molar-refractivity contribution is -0.137. The zero-order valence-electron chi connectivity index (χ0n) is 17.1. The number of rotatable bonds is 7. The molecule has 3 aromatic rings. The smallest absolute Gasteiger partial charge is 0.273 e. The molecule has 0 aliphatic heterocycles. The highest BCUT2D eigenvalue weighted by Gasteiger charge is 2.31. The minimum Gasteiger partial charge on any atom is -0.273 e. The molecule has 0 radical (unpaired) electrons. The zero-order valence-corrected chi connectivity index (χ0v) is 18.7. The van der Waals surface area contributed by atoms with Crippen LogP contribution >= 0.6 is 23.5 Å². The fourth-order valence-electron chi connectivity index (χ4n) is 2.70. The summed E-state index contributed by atoms with van der Waals surface area (Å²) in [7, 11) is 0. The summed E-state index contributed by atoms with van der Waals surface area (Å²) < 4.78 is 41.5. The molecule has 0 amide bonds. The zero-order chi connectivity index (χ0) is 21.9. The average Bonchev–Trinajstić information content (AvgIpc) is 3.07. The maximum atomic E-state index is 13.3. The van der Waals surface area contributed by atoms with Crippen LogP contribution < -0.4 is 0 Å². The summed E-state index contributed by atoms with van der Waals surface area (Å²) in [5.41, 5.74) is 1.40. The highest BCUT2D eigenvalue weighted by atomic mass is 32.2. The molecule has 0 bridgehead atoms. The van der Waals surface area contributed by atoms with Gasteiger partial charge < -0.3 is 0 Å². The van der Waals surface area contributed by atoms with Gasteiger partial charge in [-0.05, 0) is 44.5 Å². The van der Waals surface area contributed by atoms with Crippen molar-refractivity contribution in [1.29, 1.82) is 0 Å². The van der Waals surface area contributed by atoms with Crippen LogP contribution in [0, 0.1) is 13.8 Å². The molecule has 0 spiro atoms. The van der Waals surface area contributed by atoms with E-state index in [0.29, 0.717) is 27.6 Å². The summed E-state index contributed by atoms with van der Waals surface area (Å²) in [4.78, 5) is 8.81. The highest BCUT2D eigenvalue weighted by Crippen LogP contribution is 2.33. The number of hydrogen-bond acceptors (Lipinski definition) is 6. The van der Waals surface area contributed by atoms with E-state index in [-0.39, 0.29) is 5.25 Å². The van der Waals surface area contributed by atoms with E-state index in [4.69, 9.17) is 0 Å². The van der Waals surface area contributed by atoms with Crippen LogP contribution in [0.3, 0.4) is 0 Å². The third-order valence-electron chi connectivity index (χ3n) is 4.31. The molecular formula is C20H22F3N5S2. The van der Waals surface area contributed by atoms with Gasteiger partial charge in [0.1, 0.15) is 5.82 Å². The number of alkyl halides is 3. The van der Waals surface area contributed by atoms with Gasteiger partial charge in [-0.25, -0.2) is 9.97 Å². The normalized spacial score (nSPS) is 12.9. The average molecular weight is 454 g/mol. The van der Waals surface area contributed by atoms with Crippen molar-refractivity contribution in [2.75, 3.05) is 0 Å². The van der Waals surface area contributed by atoms with Crippen molar-refractivity contribution in [3.8, 4) is 5.69 Å². The van der Waals surface area contributed by atoms with E-state index in [1.807, 2.05) is 26.8 Å². The van der Waals surface area contributed by atoms with Gasteiger partial charge in [-0.3, -0.25) is 4.57 Å². The Hall–Kier alpha value is -2.07. The predicted octanol–water partition coefficient (Wildman–Crippen LogP) is 5.88. The Labute approximate surface area is 181 Å². The number of aromatic nitrogens is 5. The Bertz CT molecular complexity index is 1000. The molecule has 0 fully saturated rings. The summed E-state index contributed by atoms with van der Waals surface area (Å²) in [6, 6.07) is 7.12. The minimum absolute atomic E-state index is 0.252. The van der Waals surface area contributed by atoms with Crippen LogP contribution in [-0.4, -0.2) is 30.0 Å². The van der Waals surface area contributed by atoms with E-state index in [1.165, 1.54) is 29.6 Å². The van der Waals surface area contributed by atoms with Gasteiger partial charge in [0.25, 0.3) is 0 Å². The van der Waals surface area contributed by atoms with Crippen LogP contribution in [0.1, 0.15) is 43.0 Å². The molecule has 10 heteroatoms. The van der Waals surface area contributed by atoms with Crippen LogP contribution in [0.2, 0.25) is 0 Å². The Balaban J connectivity index is 1.98. The van der Waals surface area contributed by atoms with Gasteiger partial charge in [0, 0.05) is 16.6 Å². The second kappa shape index (κ2) is 9.38. The predicted molar refractivity (Wildman–Crippen MR) is 113 cm³/mol. The van der Waals surface area contributed by atoms with Crippen molar-refractivity contribution in [3.63, 3.8) is 0 Å². The lowest BCUT2D eigenvalue weighted by Gasteiger charge is -2.14. The number of hydrogen-bond donors (Lipinski definition) is 0. The third-order valence-corrected chi connectivity index (χ3v) is 6.36. The van der Waals surface area contributed by atoms with Gasteiger partial charge in [0.05, 0.1) is 17.0 Å². The van der Waals surface area contributed by atoms with Gasteiger partial charge in [0.15, 0.2) is 10.3 Å². The molecular weight excluding hydrogens is 431 g/mol. The molecule has 0 saturated carbocycles. The SMILES string of the molecule is CC[C@H](C)Sc1nnc(CSc2nc(C)cc(C)n2)n1-c1cccc(C(F)(F)F)c1. The maximum Gasteiger partial charge on any atom is 0.416 e. The van der Waals surface area contributed by atoms with Crippen molar-refractivity contribution < 1.29 is 13.2 Å². The number of nitrogens with zero attached hydrogens (tertiary/aromatic N) is 5. The molecule has 1 atom stereocenters. The minimum atomic E-state index is -4.42. The molecule has 0 saturated heterocycles. The Morgan fingerprint density at radius 1 is 1.07 bits per heavy atom. The molecule has 0 aliphatic rings. The molecule has 2 heterocycles. The molecule has 2 aromatic heterocycles. The van der Waals surface area contributed by atoms with Gasteiger partial charge in [-0.2, -0.15) is 13.2 Å². The fraction of sp³-hybridized carbons (Fsp3) is 0.400. The van der Waals surface area contributed by atoms with E-state index in [0.717, 1.165) is 29.9 Å². The van der Waals surface area contributed by atoms with Crippen LogP contribution in [0.15, 0.2) is 40.6 Å². The molecule has 0 aliphatic carbocycles. The quantitative estimate of drug-likeness (QED) is 0.329. The van der Waals surface area contributed by atoms with Crippen LogP contribution in [0.25, 0.3) is 5.69 Å². The number of halogens is 3. The van der Waals surface area contributed by atoms with E-state index in [1.54, 1.807) is 10.6 Å². The Morgan fingerprint density at radius 3 is 2.40 bits per heavy atom. The number of thioether (sulfide) groups is 2. The van der Waals surface area contributed by atoms with E-state index >= 15 is 0 Å². The van der Waals surface area contributed by atoms with Crippen molar-refractivity contribution in [2.24, 2.45) is 0 Å². The van der Waals surface area contributed by atoms with Crippen LogP contribution in [-0.2, 0) is 11.9 Å². The molecule has 0 N–H and O–H groups in total. The molecule has 30 heavy (non-hydrogen) atoms. The summed E-state index contributed by atoms with van der Waals surface area (Å²) >= 11 is 2.87. The summed E-state index contributed by atoms with van der Waals surface area (Å²) in [6.45, 7) is 7.89. The number of aryl methyl sites for hydroxylation is 2. The van der Waals surface area contributed by atoms with E-state index in [2.05, 4.69) is 27.1 Å². The third kappa shape index (κ3) is 5.54. The van der Waals surface area contributed by atoms with Gasteiger partial charge in [-0.1, -0.05) is 43.4 Å². The van der Waals surface area contributed by atoms with Gasteiger partial charge in [-0.15, -0.1) is 10.2 Å².